The van der Waals surface area contributed by atoms with Crippen LogP contribution < -0.4 is 16.0 Å². The largest absolute Gasteiger partial charge is 0.489 e. The van der Waals surface area contributed by atoms with Crippen LogP contribution in [0.2, 0.25) is 0 Å². The topological polar surface area (TPSA) is 42.1 Å². The normalized spacial score (nSPS) is 19.6. The van der Waals surface area contributed by atoms with Crippen LogP contribution in [0, 0.1) is 0 Å². The quantitative estimate of drug-likeness (QED) is 0.755. The van der Waals surface area contributed by atoms with Gasteiger partial charge in [-0.25, -0.2) is 0 Å². The van der Waals surface area contributed by atoms with Crippen LogP contribution in [0.1, 0.15) is 0 Å². The molecule has 1 aromatic carbocycles. The molecule has 0 amide bonds. The Bertz CT molecular complexity index is 916. The van der Waals surface area contributed by atoms with E-state index in [1.54, 1.807) is 12.3 Å². The van der Waals surface area contributed by atoms with E-state index in [1.807, 2.05) is 36.4 Å². The summed E-state index contributed by atoms with van der Waals surface area (Å²) in [6, 6.07) is 7.38. The van der Waals surface area contributed by atoms with Gasteiger partial charge < -0.3 is 9.72 Å². The maximum Gasteiger partial charge on any atom is 0.248 e. The fourth-order valence-corrected chi connectivity index (χ4v) is 2.66. The highest BCUT2D eigenvalue weighted by Crippen LogP contribution is 2.17. The van der Waals surface area contributed by atoms with Crippen molar-refractivity contribution in [1.82, 2.24) is 4.98 Å². The number of aromatic amines is 1. The summed E-state index contributed by atoms with van der Waals surface area (Å²) in [7, 11) is 0. The molecule has 4 rings (SSSR count). The number of nitrogens with one attached hydrogen (secondary N) is 1. The second kappa shape index (κ2) is 3.72. The third-order valence-electron chi connectivity index (χ3n) is 3.57. The average molecular weight is 249 g/mol. The van der Waals surface area contributed by atoms with E-state index in [9.17, 15) is 4.79 Å². The molecule has 1 aromatic heterocycles. The van der Waals surface area contributed by atoms with Gasteiger partial charge in [0.1, 0.15) is 6.10 Å². The number of fused-ring (bicyclic) bond motifs is 4. The van der Waals surface area contributed by atoms with Crippen LogP contribution in [0.4, 0.5) is 0 Å². The standard InChI is InChI=1S/C16H11NO2/c18-16-8-6-11-13-9-19-15-4-2-1-3-12(15)10(13)5-7-14(11)17-16/h1-9,15H,(H,17,18)/t15-/m1/s1. The minimum absolute atomic E-state index is 0.00212. The van der Waals surface area contributed by atoms with Gasteiger partial charge in [-0.15, -0.1) is 0 Å². The maximum absolute atomic E-state index is 11.4. The van der Waals surface area contributed by atoms with Gasteiger partial charge in [-0.2, -0.15) is 0 Å². The van der Waals surface area contributed by atoms with Crippen molar-refractivity contribution in [3.05, 3.63) is 69.4 Å². The Balaban J connectivity index is 2.19. The van der Waals surface area contributed by atoms with Crippen LogP contribution in [-0.4, -0.2) is 11.1 Å². The number of aromatic nitrogens is 1. The number of allylic oxidation sites excluding steroid dienone is 2. The molecule has 0 saturated carbocycles. The molecule has 1 N–H and O–H groups in total. The first-order valence-corrected chi connectivity index (χ1v) is 6.20. The van der Waals surface area contributed by atoms with Gasteiger partial charge in [0.15, 0.2) is 0 Å². The van der Waals surface area contributed by atoms with E-state index in [2.05, 4.69) is 11.1 Å². The van der Waals surface area contributed by atoms with Gasteiger partial charge in [0.25, 0.3) is 0 Å². The van der Waals surface area contributed by atoms with E-state index >= 15 is 0 Å². The highest BCUT2D eigenvalue weighted by Gasteiger charge is 2.16. The third-order valence-corrected chi connectivity index (χ3v) is 3.57. The lowest BCUT2D eigenvalue weighted by Crippen LogP contribution is -2.36. The molecule has 1 aliphatic carbocycles. The molecule has 2 aromatic rings. The molecule has 2 heterocycles. The molecule has 1 atom stereocenters. The molecule has 0 bridgehead atoms. The van der Waals surface area contributed by atoms with Gasteiger partial charge in [-0.05, 0) is 23.4 Å². The Morgan fingerprint density at radius 3 is 3.00 bits per heavy atom. The molecule has 0 saturated heterocycles. The van der Waals surface area contributed by atoms with E-state index in [1.165, 1.54) is 0 Å². The van der Waals surface area contributed by atoms with Crippen molar-refractivity contribution in [3.8, 4) is 0 Å². The first-order chi connectivity index (χ1) is 9.33. The van der Waals surface area contributed by atoms with Gasteiger partial charge in [0.2, 0.25) is 5.56 Å². The molecule has 2 aliphatic rings. The summed E-state index contributed by atoms with van der Waals surface area (Å²) in [6.07, 6.45) is 9.90. The zero-order valence-corrected chi connectivity index (χ0v) is 10.1. The summed E-state index contributed by atoms with van der Waals surface area (Å²) >= 11 is 0. The summed E-state index contributed by atoms with van der Waals surface area (Å²) in [4.78, 5) is 14.2. The molecule has 3 heteroatoms. The Kier molecular flexibility index (Phi) is 2.03. The monoisotopic (exact) mass is 249 g/mol. The lowest BCUT2D eigenvalue weighted by Gasteiger charge is -2.20. The SMILES string of the molecule is O=c1ccc2c3c(ccc2[nH]1)=C1C=CC=C[C@H]1OC=3. The van der Waals surface area contributed by atoms with Gasteiger partial charge in [-0.1, -0.05) is 24.3 Å². The molecule has 1 aliphatic heterocycles. The van der Waals surface area contributed by atoms with Crippen molar-refractivity contribution in [2.45, 2.75) is 6.10 Å². The van der Waals surface area contributed by atoms with Crippen LogP contribution in [-0.2, 0) is 4.74 Å². The second-order valence-corrected chi connectivity index (χ2v) is 4.68. The number of H-pyrrole nitrogens is 1. The molecular weight excluding hydrogens is 238 g/mol. The van der Waals surface area contributed by atoms with E-state index in [-0.39, 0.29) is 11.7 Å². The Hall–Kier alpha value is -2.55. The maximum atomic E-state index is 11.4. The molecule has 0 radical (unpaired) electrons. The number of hydrogen-bond donors (Lipinski definition) is 1. The first kappa shape index (κ1) is 10.4. The van der Waals surface area contributed by atoms with E-state index in [4.69, 9.17) is 4.74 Å². The Morgan fingerprint density at radius 1 is 1.11 bits per heavy atom. The van der Waals surface area contributed by atoms with Crippen molar-refractivity contribution in [1.29, 1.82) is 0 Å². The summed E-state index contributed by atoms with van der Waals surface area (Å²) in [5.41, 5.74) is 1.91. The van der Waals surface area contributed by atoms with Crippen LogP contribution in [0.25, 0.3) is 22.7 Å². The molecule has 0 unspecified atom stereocenters. The Morgan fingerprint density at radius 2 is 2.05 bits per heavy atom. The molecule has 92 valence electrons. The number of rotatable bonds is 0. The zero-order chi connectivity index (χ0) is 12.8. The number of pyridine rings is 1. The molecule has 0 fully saturated rings. The minimum atomic E-state index is -0.0878. The van der Waals surface area contributed by atoms with Crippen LogP contribution in [0.15, 0.2) is 53.4 Å². The minimum Gasteiger partial charge on any atom is -0.489 e. The van der Waals surface area contributed by atoms with Crippen LogP contribution in [0.3, 0.4) is 0 Å². The zero-order valence-electron chi connectivity index (χ0n) is 10.1. The van der Waals surface area contributed by atoms with E-state index in [0.29, 0.717) is 0 Å². The van der Waals surface area contributed by atoms with Crippen LogP contribution in [0.5, 0.6) is 0 Å². The predicted octanol–water partition coefficient (Wildman–Crippen LogP) is 0.942. The number of ether oxygens (including phenoxy) is 1. The van der Waals surface area contributed by atoms with Crippen molar-refractivity contribution >= 4 is 22.7 Å². The van der Waals surface area contributed by atoms with Gasteiger partial charge in [0.05, 0.1) is 6.26 Å². The highest BCUT2D eigenvalue weighted by molar-refractivity contribution is 5.82. The summed E-state index contributed by atoms with van der Waals surface area (Å²) < 4.78 is 5.75. The molecule has 19 heavy (non-hydrogen) atoms. The molecule has 0 spiro atoms. The fourth-order valence-electron chi connectivity index (χ4n) is 2.66. The summed E-state index contributed by atoms with van der Waals surface area (Å²) in [5, 5.41) is 3.20. The van der Waals surface area contributed by atoms with Crippen molar-refractivity contribution in [2.24, 2.45) is 0 Å². The van der Waals surface area contributed by atoms with Gasteiger partial charge in [-0.3, -0.25) is 4.79 Å². The van der Waals surface area contributed by atoms with Gasteiger partial charge in [0, 0.05) is 27.8 Å². The van der Waals surface area contributed by atoms with Gasteiger partial charge >= 0.3 is 0 Å². The van der Waals surface area contributed by atoms with Crippen molar-refractivity contribution in [3.63, 3.8) is 0 Å². The second-order valence-electron chi connectivity index (χ2n) is 4.68. The highest BCUT2D eigenvalue weighted by atomic mass is 16.5. The number of hydrogen-bond acceptors (Lipinski definition) is 2. The summed E-state index contributed by atoms with van der Waals surface area (Å²) in [5.74, 6) is 0. The third kappa shape index (κ3) is 1.48. The molecule has 3 nitrogen and oxygen atoms in total. The lowest BCUT2D eigenvalue weighted by atomic mass is 9.97. The van der Waals surface area contributed by atoms with E-state index < -0.39 is 0 Å². The average Bonchev–Trinajstić information content (AvgIpc) is 2.46. The van der Waals surface area contributed by atoms with Crippen LogP contribution >= 0.6 is 0 Å². The van der Waals surface area contributed by atoms with Crippen molar-refractivity contribution in [2.75, 3.05) is 0 Å². The lowest BCUT2D eigenvalue weighted by molar-refractivity contribution is 0.275. The fraction of sp³-hybridized carbons (Fsp3) is 0.0625. The predicted molar refractivity (Wildman–Crippen MR) is 74.8 cm³/mol. The smallest absolute Gasteiger partial charge is 0.248 e. The number of benzene rings is 1. The van der Waals surface area contributed by atoms with E-state index in [0.717, 1.165) is 26.9 Å². The summed E-state index contributed by atoms with van der Waals surface area (Å²) in [6.45, 7) is 0. The first-order valence-electron chi connectivity index (χ1n) is 6.20. The Labute approximate surface area is 108 Å². The van der Waals surface area contributed by atoms with Crippen molar-refractivity contribution < 1.29 is 4.74 Å². The molecular formula is C16H11NO2.